The molecule has 5 heteroatoms. The van der Waals surface area contributed by atoms with Gasteiger partial charge >= 0.3 is 0 Å². The summed E-state index contributed by atoms with van der Waals surface area (Å²) in [7, 11) is 0. The van der Waals surface area contributed by atoms with E-state index in [0.29, 0.717) is 33.5 Å². The van der Waals surface area contributed by atoms with Gasteiger partial charge in [-0.2, -0.15) is 0 Å². The van der Waals surface area contributed by atoms with E-state index >= 15 is 0 Å². The van der Waals surface area contributed by atoms with Crippen molar-refractivity contribution in [2.24, 2.45) is 0 Å². The predicted octanol–water partition coefficient (Wildman–Crippen LogP) is 3.78. The third kappa shape index (κ3) is 2.95. The Morgan fingerprint density at radius 1 is 1.19 bits per heavy atom. The Morgan fingerprint density at radius 3 is 2.62 bits per heavy atom. The Morgan fingerprint density at radius 2 is 1.94 bits per heavy atom. The summed E-state index contributed by atoms with van der Waals surface area (Å²) in [5.41, 5.74) is 0. The van der Waals surface area contributed by atoms with Crippen molar-refractivity contribution in [3.05, 3.63) is 27.2 Å². The number of hydrogen-bond donors (Lipinski definition) is 1. The molecule has 0 spiro atoms. The minimum Gasteiger partial charge on any atom is -0.490 e. The van der Waals surface area contributed by atoms with Crippen molar-refractivity contribution >= 4 is 34.8 Å². The first kappa shape index (κ1) is 12.3. The van der Waals surface area contributed by atoms with Crippen molar-refractivity contribution in [1.82, 2.24) is 5.32 Å². The van der Waals surface area contributed by atoms with Crippen molar-refractivity contribution in [3.63, 3.8) is 0 Å². The van der Waals surface area contributed by atoms with E-state index in [4.69, 9.17) is 39.5 Å². The van der Waals surface area contributed by atoms with E-state index in [1.54, 1.807) is 12.1 Å². The fourth-order valence-electron chi connectivity index (χ4n) is 1.70. The maximum absolute atomic E-state index is 6.00. The number of rotatable bonds is 3. The van der Waals surface area contributed by atoms with Gasteiger partial charge in [-0.15, -0.1) is 0 Å². The molecule has 0 aromatic heterocycles. The van der Waals surface area contributed by atoms with E-state index in [9.17, 15) is 0 Å². The lowest BCUT2D eigenvalue weighted by Crippen LogP contribution is -2.28. The molecule has 16 heavy (non-hydrogen) atoms. The second kappa shape index (κ2) is 5.46. The summed E-state index contributed by atoms with van der Waals surface area (Å²) in [6.07, 6.45) is 2.34. The molecule has 1 heterocycles. The van der Waals surface area contributed by atoms with Gasteiger partial charge in [-0.25, -0.2) is 0 Å². The van der Waals surface area contributed by atoms with Crippen LogP contribution in [-0.4, -0.2) is 19.2 Å². The van der Waals surface area contributed by atoms with Crippen LogP contribution in [0.2, 0.25) is 15.1 Å². The zero-order valence-electron chi connectivity index (χ0n) is 8.60. The van der Waals surface area contributed by atoms with Crippen LogP contribution in [0.25, 0.3) is 0 Å². The van der Waals surface area contributed by atoms with E-state index in [1.807, 2.05) is 0 Å². The van der Waals surface area contributed by atoms with Crippen LogP contribution in [0.15, 0.2) is 12.1 Å². The van der Waals surface area contributed by atoms with Gasteiger partial charge in [0.15, 0.2) is 0 Å². The fourth-order valence-corrected chi connectivity index (χ4v) is 2.30. The van der Waals surface area contributed by atoms with E-state index in [-0.39, 0.29) is 0 Å². The SMILES string of the molecule is Clc1cc(Cl)c(OC[C@H]2CCCN2)cc1Cl. The van der Waals surface area contributed by atoms with Crippen LogP contribution in [0, 0.1) is 0 Å². The van der Waals surface area contributed by atoms with E-state index in [0.717, 1.165) is 13.0 Å². The number of nitrogens with one attached hydrogen (secondary N) is 1. The molecule has 1 aliphatic rings. The molecule has 2 nitrogen and oxygen atoms in total. The fraction of sp³-hybridized carbons (Fsp3) is 0.455. The van der Waals surface area contributed by atoms with Gasteiger partial charge in [0.05, 0.1) is 15.1 Å². The predicted molar refractivity (Wildman–Crippen MR) is 68.0 cm³/mol. The molecular weight excluding hydrogens is 268 g/mol. The highest BCUT2D eigenvalue weighted by molar-refractivity contribution is 6.43. The summed E-state index contributed by atoms with van der Waals surface area (Å²) < 4.78 is 5.62. The average molecular weight is 281 g/mol. The van der Waals surface area contributed by atoms with E-state index < -0.39 is 0 Å². The van der Waals surface area contributed by atoms with Gasteiger partial charge < -0.3 is 10.1 Å². The van der Waals surface area contributed by atoms with Gasteiger partial charge in [-0.1, -0.05) is 34.8 Å². The molecule has 1 aromatic rings. The van der Waals surface area contributed by atoms with Crippen molar-refractivity contribution < 1.29 is 4.74 Å². The zero-order chi connectivity index (χ0) is 11.5. The summed E-state index contributed by atoms with van der Waals surface area (Å²) in [6, 6.07) is 3.66. The number of ether oxygens (including phenoxy) is 1. The van der Waals surface area contributed by atoms with Crippen molar-refractivity contribution in [2.75, 3.05) is 13.2 Å². The summed E-state index contributed by atoms with van der Waals surface area (Å²) in [5.74, 6) is 0.588. The average Bonchev–Trinajstić information content (AvgIpc) is 2.74. The van der Waals surface area contributed by atoms with Crippen LogP contribution < -0.4 is 10.1 Å². The molecule has 1 N–H and O–H groups in total. The van der Waals surface area contributed by atoms with Crippen LogP contribution in [0.3, 0.4) is 0 Å². The molecule has 88 valence electrons. The lowest BCUT2D eigenvalue weighted by Gasteiger charge is -2.13. The van der Waals surface area contributed by atoms with Crippen molar-refractivity contribution in [1.29, 1.82) is 0 Å². The summed E-state index contributed by atoms with van der Waals surface area (Å²) in [6.45, 7) is 1.67. The Bertz CT molecular complexity index is 378. The molecule has 1 aliphatic heterocycles. The Labute approximate surface area is 110 Å². The van der Waals surface area contributed by atoms with Crippen LogP contribution in [0.5, 0.6) is 5.75 Å². The second-order valence-electron chi connectivity index (χ2n) is 3.80. The smallest absolute Gasteiger partial charge is 0.139 e. The molecule has 0 unspecified atom stereocenters. The zero-order valence-corrected chi connectivity index (χ0v) is 10.9. The lowest BCUT2D eigenvalue weighted by molar-refractivity contribution is 0.277. The maximum Gasteiger partial charge on any atom is 0.139 e. The van der Waals surface area contributed by atoms with Crippen molar-refractivity contribution in [3.8, 4) is 5.75 Å². The van der Waals surface area contributed by atoms with Gasteiger partial charge in [-0.05, 0) is 25.5 Å². The number of halogens is 3. The second-order valence-corrected chi connectivity index (χ2v) is 5.02. The highest BCUT2D eigenvalue weighted by Gasteiger charge is 2.15. The largest absolute Gasteiger partial charge is 0.490 e. The van der Waals surface area contributed by atoms with Gasteiger partial charge in [0, 0.05) is 12.1 Å². The van der Waals surface area contributed by atoms with E-state index in [1.165, 1.54) is 6.42 Å². The van der Waals surface area contributed by atoms with Crippen LogP contribution >= 0.6 is 34.8 Å². The van der Waals surface area contributed by atoms with Crippen LogP contribution in [0.4, 0.5) is 0 Å². The van der Waals surface area contributed by atoms with Gasteiger partial charge in [0.25, 0.3) is 0 Å². The molecule has 0 amide bonds. The first-order valence-electron chi connectivity index (χ1n) is 5.17. The quantitative estimate of drug-likeness (QED) is 0.851. The van der Waals surface area contributed by atoms with Gasteiger partial charge in [0.1, 0.15) is 12.4 Å². The van der Waals surface area contributed by atoms with Crippen LogP contribution in [0.1, 0.15) is 12.8 Å². The number of benzene rings is 1. The molecule has 1 atom stereocenters. The highest BCUT2D eigenvalue weighted by Crippen LogP contribution is 2.33. The summed E-state index contributed by atoms with van der Waals surface area (Å²) >= 11 is 17.7. The monoisotopic (exact) mass is 279 g/mol. The molecule has 1 aromatic carbocycles. The molecule has 2 rings (SSSR count). The lowest BCUT2D eigenvalue weighted by atomic mass is 10.2. The molecule has 0 radical (unpaired) electrons. The molecule has 0 aliphatic carbocycles. The Kier molecular flexibility index (Phi) is 4.20. The first-order chi connectivity index (χ1) is 7.66. The first-order valence-corrected chi connectivity index (χ1v) is 6.31. The third-order valence-corrected chi connectivity index (χ3v) is 3.59. The molecule has 1 fully saturated rings. The summed E-state index contributed by atoms with van der Waals surface area (Å²) in [4.78, 5) is 0. The molecular formula is C11H12Cl3NO. The minimum absolute atomic E-state index is 0.408. The van der Waals surface area contributed by atoms with Gasteiger partial charge in [0.2, 0.25) is 0 Å². The minimum atomic E-state index is 0.408. The normalized spacial score (nSPS) is 20.1. The topological polar surface area (TPSA) is 21.3 Å². The van der Waals surface area contributed by atoms with Crippen molar-refractivity contribution in [2.45, 2.75) is 18.9 Å². The molecule has 1 saturated heterocycles. The van der Waals surface area contributed by atoms with E-state index in [2.05, 4.69) is 5.32 Å². The highest BCUT2D eigenvalue weighted by atomic mass is 35.5. The van der Waals surface area contributed by atoms with Gasteiger partial charge in [-0.3, -0.25) is 0 Å². The maximum atomic E-state index is 6.00. The van der Waals surface area contributed by atoms with Crippen LogP contribution in [-0.2, 0) is 0 Å². The third-order valence-electron chi connectivity index (χ3n) is 2.58. The summed E-state index contributed by atoms with van der Waals surface area (Å²) in [5, 5.41) is 4.74. The molecule has 0 saturated carbocycles. The standard InChI is InChI=1S/C11H12Cl3NO/c12-8-4-10(14)11(5-9(8)13)16-6-7-2-1-3-15-7/h4-5,7,15H,1-3,6H2/t7-/m1/s1. The Hall–Kier alpha value is -0.150. The number of hydrogen-bond acceptors (Lipinski definition) is 2. The Balaban J connectivity index is 2.00. The molecule has 0 bridgehead atoms.